The number of benzene rings is 1. The number of aryl methyl sites for hydroxylation is 1. The highest BCUT2D eigenvalue weighted by atomic mass is 79.9. The summed E-state index contributed by atoms with van der Waals surface area (Å²) in [4.78, 5) is 0. The van der Waals surface area contributed by atoms with Crippen molar-refractivity contribution in [1.82, 2.24) is 0 Å². The first-order valence-electron chi connectivity index (χ1n) is 3.64. The lowest BCUT2D eigenvalue weighted by atomic mass is 10.2. The van der Waals surface area contributed by atoms with Crippen LogP contribution in [0, 0.1) is 6.92 Å². The molecule has 72 valence electrons. The number of hydrogen-bond acceptors (Lipinski definition) is 2. The highest BCUT2D eigenvalue weighted by molar-refractivity contribution is 9.10. The lowest BCUT2D eigenvalue weighted by Gasteiger charge is -2.03. The van der Waals surface area contributed by atoms with E-state index in [0.29, 0.717) is 5.56 Å². The van der Waals surface area contributed by atoms with Crippen molar-refractivity contribution in [2.24, 2.45) is 5.14 Å². The summed E-state index contributed by atoms with van der Waals surface area (Å²) in [5.74, 6) is -0.131. The minimum absolute atomic E-state index is 0.131. The van der Waals surface area contributed by atoms with Crippen LogP contribution >= 0.6 is 15.9 Å². The molecule has 0 aliphatic rings. The summed E-state index contributed by atoms with van der Waals surface area (Å²) in [7, 11) is -3.44. The zero-order valence-electron chi connectivity index (χ0n) is 7.12. The van der Waals surface area contributed by atoms with E-state index in [1.165, 1.54) is 0 Å². The monoisotopic (exact) mass is 263 g/mol. The number of rotatable bonds is 2. The molecule has 0 spiro atoms. The third-order valence-corrected chi connectivity index (χ3v) is 3.02. The molecule has 0 unspecified atom stereocenters. The van der Waals surface area contributed by atoms with E-state index in [0.717, 1.165) is 10.0 Å². The summed E-state index contributed by atoms with van der Waals surface area (Å²) >= 11 is 3.28. The molecule has 0 aliphatic heterocycles. The van der Waals surface area contributed by atoms with Crippen LogP contribution in [-0.4, -0.2) is 8.42 Å². The molecular formula is C8H10BrNO2S. The van der Waals surface area contributed by atoms with Crippen molar-refractivity contribution in [3.63, 3.8) is 0 Å². The van der Waals surface area contributed by atoms with Crippen LogP contribution in [-0.2, 0) is 15.8 Å². The fourth-order valence-corrected chi connectivity index (χ4v) is 2.49. The van der Waals surface area contributed by atoms with Gasteiger partial charge in [-0.05, 0) is 24.1 Å². The van der Waals surface area contributed by atoms with E-state index in [1.54, 1.807) is 6.07 Å². The van der Waals surface area contributed by atoms with Crippen LogP contribution in [0.15, 0.2) is 22.7 Å². The quantitative estimate of drug-likeness (QED) is 0.880. The minimum Gasteiger partial charge on any atom is -0.228 e. The molecular weight excluding hydrogens is 254 g/mol. The highest BCUT2D eigenvalue weighted by Crippen LogP contribution is 2.19. The van der Waals surface area contributed by atoms with E-state index >= 15 is 0 Å². The number of hydrogen-bond donors (Lipinski definition) is 1. The van der Waals surface area contributed by atoms with Crippen LogP contribution in [0.5, 0.6) is 0 Å². The predicted molar refractivity (Wildman–Crippen MR) is 55.7 cm³/mol. The van der Waals surface area contributed by atoms with Crippen LogP contribution < -0.4 is 5.14 Å². The Balaban J connectivity index is 3.04. The van der Waals surface area contributed by atoms with Gasteiger partial charge in [-0.25, -0.2) is 13.6 Å². The van der Waals surface area contributed by atoms with Crippen LogP contribution in [0.25, 0.3) is 0 Å². The number of halogens is 1. The minimum atomic E-state index is -3.44. The average molecular weight is 264 g/mol. The van der Waals surface area contributed by atoms with Crippen molar-refractivity contribution in [2.45, 2.75) is 12.7 Å². The SMILES string of the molecule is Cc1ccc(CS(N)(=O)=O)c(Br)c1. The zero-order valence-corrected chi connectivity index (χ0v) is 9.52. The molecule has 3 nitrogen and oxygen atoms in total. The van der Waals surface area contributed by atoms with Gasteiger partial charge in [0.2, 0.25) is 10.0 Å². The van der Waals surface area contributed by atoms with Gasteiger partial charge in [-0.2, -0.15) is 0 Å². The van der Waals surface area contributed by atoms with Crippen LogP contribution in [0.3, 0.4) is 0 Å². The van der Waals surface area contributed by atoms with Gasteiger partial charge in [-0.3, -0.25) is 0 Å². The van der Waals surface area contributed by atoms with Gasteiger partial charge in [0.1, 0.15) is 0 Å². The molecule has 0 fully saturated rings. The van der Waals surface area contributed by atoms with E-state index in [1.807, 2.05) is 19.1 Å². The molecule has 0 aromatic heterocycles. The molecule has 0 saturated carbocycles. The Bertz CT molecular complexity index is 414. The molecule has 0 amide bonds. The van der Waals surface area contributed by atoms with Crippen molar-refractivity contribution >= 4 is 26.0 Å². The Morgan fingerprint density at radius 3 is 2.54 bits per heavy atom. The maximum Gasteiger partial charge on any atom is 0.213 e. The topological polar surface area (TPSA) is 60.2 Å². The first-order chi connectivity index (χ1) is 5.88. The number of sulfonamides is 1. The molecule has 0 heterocycles. The van der Waals surface area contributed by atoms with Crippen molar-refractivity contribution in [3.8, 4) is 0 Å². The molecule has 5 heteroatoms. The lowest BCUT2D eigenvalue weighted by Crippen LogP contribution is -2.14. The van der Waals surface area contributed by atoms with Crippen molar-refractivity contribution < 1.29 is 8.42 Å². The number of primary sulfonamides is 1. The van der Waals surface area contributed by atoms with E-state index in [9.17, 15) is 8.42 Å². The summed E-state index contributed by atoms with van der Waals surface area (Å²) in [5, 5.41) is 4.93. The molecule has 0 bridgehead atoms. The van der Waals surface area contributed by atoms with Crippen LogP contribution in [0.2, 0.25) is 0 Å². The van der Waals surface area contributed by atoms with Gasteiger partial charge in [-0.15, -0.1) is 0 Å². The second-order valence-electron chi connectivity index (χ2n) is 2.90. The maximum absolute atomic E-state index is 10.8. The van der Waals surface area contributed by atoms with Crippen LogP contribution in [0.1, 0.15) is 11.1 Å². The Hall–Kier alpha value is -0.390. The third kappa shape index (κ3) is 3.46. The van der Waals surface area contributed by atoms with Crippen LogP contribution in [0.4, 0.5) is 0 Å². The van der Waals surface area contributed by atoms with Crippen molar-refractivity contribution in [1.29, 1.82) is 0 Å². The predicted octanol–water partition coefficient (Wildman–Crippen LogP) is 1.55. The Kier molecular flexibility index (Phi) is 3.10. The molecule has 0 atom stereocenters. The summed E-state index contributed by atoms with van der Waals surface area (Å²) in [6.07, 6.45) is 0. The second-order valence-corrected chi connectivity index (χ2v) is 5.37. The summed E-state index contributed by atoms with van der Waals surface area (Å²) in [5.41, 5.74) is 1.76. The van der Waals surface area contributed by atoms with Gasteiger partial charge in [0.25, 0.3) is 0 Å². The van der Waals surface area contributed by atoms with Gasteiger partial charge < -0.3 is 0 Å². The molecule has 2 N–H and O–H groups in total. The maximum atomic E-state index is 10.8. The molecule has 1 aromatic rings. The van der Waals surface area contributed by atoms with Gasteiger partial charge >= 0.3 is 0 Å². The molecule has 1 rings (SSSR count). The fraction of sp³-hybridized carbons (Fsp3) is 0.250. The standard InChI is InChI=1S/C8H10BrNO2S/c1-6-2-3-7(8(9)4-6)5-13(10,11)12/h2-4H,5H2,1H3,(H2,10,11,12). The third-order valence-electron chi connectivity index (χ3n) is 1.57. The van der Waals surface area contributed by atoms with Gasteiger partial charge in [0.15, 0.2) is 0 Å². The lowest BCUT2D eigenvalue weighted by molar-refractivity contribution is 0.597. The number of nitrogens with two attached hydrogens (primary N) is 1. The second kappa shape index (κ2) is 3.77. The molecule has 0 aliphatic carbocycles. The first-order valence-corrected chi connectivity index (χ1v) is 6.15. The summed E-state index contributed by atoms with van der Waals surface area (Å²) in [6, 6.07) is 5.47. The average Bonchev–Trinajstić information content (AvgIpc) is 1.93. The smallest absolute Gasteiger partial charge is 0.213 e. The van der Waals surface area contributed by atoms with E-state index < -0.39 is 10.0 Å². The van der Waals surface area contributed by atoms with Gasteiger partial charge in [-0.1, -0.05) is 28.1 Å². The molecule has 0 saturated heterocycles. The molecule has 13 heavy (non-hydrogen) atoms. The molecule has 1 aromatic carbocycles. The highest BCUT2D eigenvalue weighted by Gasteiger charge is 2.07. The van der Waals surface area contributed by atoms with Crippen molar-refractivity contribution in [3.05, 3.63) is 33.8 Å². The summed E-state index contributed by atoms with van der Waals surface area (Å²) < 4.78 is 22.4. The van der Waals surface area contributed by atoms with Crippen molar-refractivity contribution in [2.75, 3.05) is 0 Å². The van der Waals surface area contributed by atoms with Gasteiger partial charge in [0.05, 0.1) is 5.75 Å². The van der Waals surface area contributed by atoms with Gasteiger partial charge in [0, 0.05) is 4.47 Å². The Morgan fingerprint density at radius 2 is 2.08 bits per heavy atom. The normalized spacial score (nSPS) is 11.6. The summed E-state index contributed by atoms with van der Waals surface area (Å²) in [6.45, 7) is 1.94. The largest absolute Gasteiger partial charge is 0.228 e. The van der Waals surface area contributed by atoms with E-state index in [-0.39, 0.29) is 5.75 Å². The Labute approximate surface area is 86.1 Å². The first kappa shape index (κ1) is 10.7. The zero-order chi connectivity index (χ0) is 10.1. The van der Waals surface area contributed by atoms with E-state index in [2.05, 4.69) is 15.9 Å². The van der Waals surface area contributed by atoms with E-state index in [4.69, 9.17) is 5.14 Å². The Morgan fingerprint density at radius 1 is 1.46 bits per heavy atom. The molecule has 0 radical (unpaired) electrons. The fourth-order valence-electron chi connectivity index (χ4n) is 0.986.